The van der Waals surface area contributed by atoms with Crippen molar-refractivity contribution in [1.82, 2.24) is 10.2 Å². The topological polar surface area (TPSA) is 32.3 Å². The van der Waals surface area contributed by atoms with E-state index in [9.17, 15) is 4.79 Å². The third-order valence-electron chi connectivity index (χ3n) is 3.31. The molecule has 68 valence electrons. The highest BCUT2D eigenvalue weighted by Crippen LogP contribution is 2.32. The number of hydrogen-bond acceptors (Lipinski definition) is 2. The third-order valence-corrected chi connectivity index (χ3v) is 3.31. The van der Waals surface area contributed by atoms with Gasteiger partial charge < -0.3 is 5.32 Å². The van der Waals surface area contributed by atoms with Crippen LogP contribution < -0.4 is 5.32 Å². The lowest BCUT2D eigenvalue weighted by atomic mass is 9.86. The van der Waals surface area contributed by atoms with Gasteiger partial charge in [-0.3, -0.25) is 9.69 Å². The number of amides is 1. The largest absolute Gasteiger partial charge is 0.354 e. The molecule has 2 heterocycles. The summed E-state index contributed by atoms with van der Waals surface area (Å²) in [5, 5.41) is 2.93. The number of nitrogens with zero attached hydrogens (tertiary/aromatic N) is 1. The Hall–Kier alpha value is -0.570. The highest BCUT2D eigenvalue weighted by molar-refractivity contribution is 5.88. The monoisotopic (exact) mass is 168 g/mol. The van der Waals surface area contributed by atoms with Gasteiger partial charge in [0.05, 0.1) is 0 Å². The number of piperidine rings is 1. The minimum Gasteiger partial charge on any atom is -0.354 e. The first-order valence-electron chi connectivity index (χ1n) is 4.75. The molecule has 0 aromatic rings. The zero-order valence-electron chi connectivity index (χ0n) is 7.60. The second-order valence-corrected chi connectivity index (χ2v) is 3.92. The average molecular weight is 168 g/mol. The van der Waals surface area contributed by atoms with Crippen LogP contribution in [0.5, 0.6) is 0 Å². The lowest BCUT2D eigenvalue weighted by molar-refractivity contribution is -0.130. The molecule has 0 bridgehead atoms. The van der Waals surface area contributed by atoms with Crippen molar-refractivity contribution in [3.63, 3.8) is 0 Å². The van der Waals surface area contributed by atoms with Gasteiger partial charge in [-0.2, -0.15) is 0 Å². The summed E-state index contributed by atoms with van der Waals surface area (Å²) in [5.74, 6) is 0.254. The van der Waals surface area contributed by atoms with E-state index in [0.717, 1.165) is 25.9 Å². The van der Waals surface area contributed by atoms with Crippen LogP contribution in [-0.2, 0) is 4.79 Å². The molecule has 0 radical (unpaired) electrons. The van der Waals surface area contributed by atoms with Crippen LogP contribution in [0.1, 0.15) is 25.7 Å². The molecule has 2 saturated heterocycles. The van der Waals surface area contributed by atoms with Crippen molar-refractivity contribution in [2.45, 2.75) is 31.2 Å². The predicted molar refractivity (Wildman–Crippen MR) is 46.8 cm³/mol. The first-order valence-corrected chi connectivity index (χ1v) is 4.75. The van der Waals surface area contributed by atoms with Crippen molar-refractivity contribution in [3.8, 4) is 0 Å². The van der Waals surface area contributed by atoms with E-state index in [-0.39, 0.29) is 11.4 Å². The number of rotatable bonds is 0. The molecule has 12 heavy (non-hydrogen) atoms. The minimum absolute atomic E-state index is 0.127. The molecule has 2 aliphatic rings. The number of likely N-dealkylation sites (N-methyl/N-ethyl adjacent to an activating group) is 1. The molecule has 3 nitrogen and oxygen atoms in total. The molecule has 1 spiro atoms. The maximum Gasteiger partial charge on any atom is 0.240 e. The highest BCUT2D eigenvalue weighted by Gasteiger charge is 2.46. The van der Waals surface area contributed by atoms with Crippen molar-refractivity contribution in [2.75, 3.05) is 20.1 Å². The van der Waals surface area contributed by atoms with Gasteiger partial charge in [0.25, 0.3) is 0 Å². The number of hydrogen-bond donors (Lipinski definition) is 1. The van der Waals surface area contributed by atoms with E-state index in [2.05, 4.69) is 17.3 Å². The third kappa shape index (κ3) is 0.959. The Bertz CT molecular complexity index is 205. The number of nitrogens with one attached hydrogen (secondary N) is 1. The maximum absolute atomic E-state index is 11.6. The quantitative estimate of drug-likeness (QED) is 0.566. The lowest BCUT2D eigenvalue weighted by Crippen LogP contribution is -2.54. The van der Waals surface area contributed by atoms with Gasteiger partial charge in [0.1, 0.15) is 5.54 Å². The summed E-state index contributed by atoms with van der Waals surface area (Å²) in [6, 6.07) is 0. The van der Waals surface area contributed by atoms with E-state index >= 15 is 0 Å². The van der Waals surface area contributed by atoms with Gasteiger partial charge >= 0.3 is 0 Å². The molecular formula is C9H16N2O. The molecular weight excluding hydrogens is 152 g/mol. The van der Waals surface area contributed by atoms with E-state index in [4.69, 9.17) is 0 Å². The van der Waals surface area contributed by atoms with Crippen molar-refractivity contribution in [1.29, 1.82) is 0 Å². The first-order chi connectivity index (χ1) is 5.76. The first kappa shape index (κ1) is 8.05. The standard InChI is InChI=1S/C9H16N2O/c1-11-7-3-2-4-9(11)5-6-10-8(9)12/h2-7H2,1H3,(H,10,12). The van der Waals surface area contributed by atoms with E-state index in [0.29, 0.717) is 0 Å². The van der Waals surface area contributed by atoms with Crippen LogP contribution in [0.15, 0.2) is 0 Å². The molecule has 1 amide bonds. The molecule has 1 N–H and O–H groups in total. The molecule has 2 rings (SSSR count). The van der Waals surface area contributed by atoms with E-state index in [1.165, 1.54) is 12.8 Å². The second kappa shape index (κ2) is 2.73. The Labute approximate surface area is 73.1 Å². The van der Waals surface area contributed by atoms with E-state index < -0.39 is 0 Å². The van der Waals surface area contributed by atoms with Gasteiger partial charge in [-0.1, -0.05) is 0 Å². The van der Waals surface area contributed by atoms with Gasteiger partial charge in [-0.15, -0.1) is 0 Å². The second-order valence-electron chi connectivity index (χ2n) is 3.92. The summed E-state index contributed by atoms with van der Waals surface area (Å²) in [7, 11) is 2.07. The van der Waals surface area contributed by atoms with Crippen LogP contribution in [0, 0.1) is 0 Å². The van der Waals surface area contributed by atoms with Crippen LogP contribution >= 0.6 is 0 Å². The van der Waals surface area contributed by atoms with E-state index in [1.807, 2.05) is 0 Å². The summed E-state index contributed by atoms with van der Waals surface area (Å²) in [4.78, 5) is 13.8. The summed E-state index contributed by atoms with van der Waals surface area (Å²) < 4.78 is 0. The normalized spacial score (nSPS) is 37.2. The Kier molecular flexibility index (Phi) is 1.83. The molecule has 1 atom stereocenters. The van der Waals surface area contributed by atoms with Crippen molar-refractivity contribution in [3.05, 3.63) is 0 Å². The minimum atomic E-state index is -0.127. The van der Waals surface area contributed by atoms with Crippen LogP contribution in [0.3, 0.4) is 0 Å². The fraction of sp³-hybridized carbons (Fsp3) is 0.889. The van der Waals surface area contributed by atoms with Gasteiger partial charge in [-0.25, -0.2) is 0 Å². The summed E-state index contributed by atoms with van der Waals surface area (Å²) in [5.41, 5.74) is -0.127. The zero-order chi connectivity index (χ0) is 8.60. The molecule has 0 saturated carbocycles. The Morgan fingerprint density at radius 3 is 2.83 bits per heavy atom. The van der Waals surface area contributed by atoms with Gasteiger partial charge in [0, 0.05) is 6.54 Å². The zero-order valence-corrected chi connectivity index (χ0v) is 7.60. The molecule has 0 aliphatic carbocycles. The number of carbonyl (C=O) groups is 1. The number of carbonyl (C=O) groups excluding carboxylic acids is 1. The summed E-state index contributed by atoms with van der Waals surface area (Å²) in [6.07, 6.45) is 4.50. The Morgan fingerprint density at radius 2 is 2.25 bits per heavy atom. The fourth-order valence-electron chi connectivity index (χ4n) is 2.43. The van der Waals surface area contributed by atoms with Crippen LogP contribution in [-0.4, -0.2) is 36.5 Å². The van der Waals surface area contributed by atoms with Crippen LogP contribution in [0.4, 0.5) is 0 Å². The fourth-order valence-corrected chi connectivity index (χ4v) is 2.43. The summed E-state index contributed by atoms with van der Waals surface area (Å²) in [6.45, 7) is 1.94. The van der Waals surface area contributed by atoms with Gasteiger partial charge in [0.15, 0.2) is 0 Å². The average Bonchev–Trinajstić information content (AvgIpc) is 2.41. The van der Waals surface area contributed by atoms with E-state index in [1.54, 1.807) is 0 Å². The predicted octanol–water partition coefficient (Wildman–Crippen LogP) is 0.361. The van der Waals surface area contributed by atoms with Gasteiger partial charge in [-0.05, 0) is 39.3 Å². The molecule has 0 aromatic carbocycles. The van der Waals surface area contributed by atoms with Crippen LogP contribution in [0.2, 0.25) is 0 Å². The lowest BCUT2D eigenvalue weighted by Gasteiger charge is -2.40. The molecule has 2 fully saturated rings. The van der Waals surface area contributed by atoms with Crippen molar-refractivity contribution >= 4 is 5.91 Å². The molecule has 3 heteroatoms. The molecule has 2 aliphatic heterocycles. The van der Waals surface area contributed by atoms with Crippen molar-refractivity contribution < 1.29 is 4.79 Å². The van der Waals surface area contributed by atoms with Gasteiger partial charge in [0.2, 0.25) is 5.91 Å². The molecule has 1 unspecified atom stereocenters. The summed E-state index contributed by atoms with van der Waals surface area (Å²) >= 11 is 0. The Morgan fingerprint density at radius 1 is 1.42 bits per heavy atom. The molecule has 0 aromatic heterocycles. The smallest absolute Gasteiger partial charge is 0.240 e. The van der Waals surface area contributed by atoms with Crippen molar-refractivity contribution in [2.24, 2.45) is 0 Å². The van der Waals surface area contributed by atoms with Crippen LogP contribution in [0.25, 0.3) is 0 Å². The highest BCUT2D eigenvalue weighted by atomic mass is 16.2. The number of likely N-dealkylation sites (tertiary alicyclic amines) is 1. The Balaban J connectivity index is 2.21. The SMILES string of the molecule is CN1CCCCC12CCNC2=O. The maximum atomic E-state index is 11.6.